The standard InChI is InChI=1S/C12H6Cl2F3N/c13-7-3-5(15)4-8(14)10(7)6-1-2-9(16)12(18)11(6)17/h1-4H,18H2. The van der Waals surface area contributed by atoms with Crippen LogP contribution in [0.3, 0.4) is 0 Å². The fourth-order valence-corrected chi connectivity index (χ4v) is 2.23. The van der Waals surface area contributed by atoms with Crippen LogP contribution in [0.1, 0.15) is 0 Å². The Bertz CT molecular complexity index is 606. The molecule has 1 nitrogen and oxygen atoms in total. The molecule has 2 rings (SSSR count). The molecule has 0 bridgehead atoms. The summed E-state index contributed by atoms with van der Waals surface area (Å²) < 4.78 is 39.9. The highest BCUT2D eigenvalue weighted by Crippen LogP contribution is 2.38. The van der Waals surface area contributed by atoms with Crippen LogP contribution >= 0.6 is 23.2 Å². The second kappa shape index (κ2) is 4.71. The van der Waals surface area contributed by atoms with Crippen LogP contribution in [0, 0.1) is 17.5 Å². The summed E-state index contributed by atoms with van der Waals surface area (Å²) in [4.78, 5) is 0. The molecule has 18 heavy (non-hydrogen) atoms. The Morgan fingerprint density at radius 1 is 0.944 bits per heavy atom. The van der Waals surface area contributed by atoms with Gasteiger partial charge in [-0.3, -0.25) is 0 Å². The third-order valence-electron chi connectivity index (χ3n) is 2.40. The smallest absolute Gasteiger partial charge is 0.157 e. The van der Waals surface area contributed by atoms with Crippen molar-refractivity contribution in [2.24, 2.45) is 0 Å². The number of nitrogen functional groups attached to an aromatic ring is 1. The van der Waals surface area contributed by atoms with E-state index in [0.29, 0.717) is 0 Å². The van der Waals surface area contributed by atoms with E-state index in [0.717, 1.165) is 24.3 Å². The number of benzene rings is 2. The fourth-order valence-electron chi connectivity index (χ4n) is 1.56. The first-order valence-electron chi connectivity index (χ1n) is 4.80. The molecule has 0 atom stereocenters. The van der Waals surface area contributed by atoms with Gasteiger partial charge in [0.25, 0.3) is 0 Å². The van der Waals surface area contributed by atoms with Crippen LogP contribution in [0.4, 0.5) is 18.9 Å². The molecule has 0 aliphatic heterocycles. The zero-order valence-corrected chi connectivity index (χ0v) is 10.3. The Morgan fingerprint density at radius 2 is 1.50 bits per heavy atom. The largest absolute Gasteiger partial charge is 0.394 e. The number of rotatable bonds is 1. The summed E-state index contributed by atoms with van der Waals surface area (Å²) >= 11 is 11.6. The monoisotopic (exact) mass is 291 g/mol. The molecule has 6 heteroatoms. The molecule has 0 unspecified atom stereocenters. The molecule has 2 aromatic rings. The Balaban J connectivity index is 2.74. The normalized spacial score (nSPS) is 10.7. The van der Waals surface area contributed by atoms with Crippen LogP contribution in [-0.4, -0.2) is 0 Å². The molecule has 94 valence electrons. The van der Waals surface area contributed by atoms with Crippen molar-refractivity contribution in [2.45, 2.75) is 0 Å². The minimum absolute atomic E-state index is 0.0731. The van der Waals surface area contributed by atoms with Gasteiger partial charge in [-0.1, -0.05) is 23.2 Å². The van der Waals surface area contributed by atoms with Crippen LogP contribution in [0.15, 0.2) is 24.3 Å². The molecule has 0 saturated carbocycles. The third-order valence-corrected chi connectivity index (χ3v) is 3.00. The maximum atomic E-state index is 13.8. The van der Waals surface area contributed by atoms with Crippen LogP contribution in [-0.2, 0) is 0 Å². The van der Waals surface area contributed by atoms with Gasteiger partial charge >= 0.3 is 0 Å². The van der Waals surface area contributed by atoms with E-state index < -0.39 is 23.1 Å². The number of hydrogen-bond acceptors (Lipinski definition) is 1. The lowest BCUT2D eigenvalue weighted by Crippen LogP contribution is -1.98. The zero-order valence-electron chi connectivity index (χ0n) is 8.78. The molecule has 0 aromatic heterocycles. The van der Waals surface area contributed by atoms with Crippen LogP contribution in [0.2, 0.25) is 10.0 Å². The van der Waals surface area contributed by atoms with Crippen molar-refractivity contribution in [1.82, 2.24) is 0 Å². The second-order valence-corrected chi connectivity index (χ2v) is 4.38. The van der Waals surface area contributed by atoms with E-state index in [1.165, 1.54) is 0 Å². The van der Waals surface area contributed by atoms with E-state index in [-0.39, 0.29) is 21.2 Å². The first-order valence-corrected chi connectivity index (χ1v) is 5.55. The first-order chi connectivity index (χ1) is 8.41. The van der Waals surface area contributed by atoms with Crippen molar-refractivity contribution in [1.29, 1.82) is 0 Å². The molecule has 0 heterocycles. The van der Waals surface area contributed by atoms with Gasteiger partial charge in [0.15, 0.2) is 5.82 Å². The number of hydrogen-bond donors (Lipinski definition) is 1. The van der Waals surface area contributed by atoms with Gasteiger partial charge in [-0.15, -0.1) is 0 Å². The molecule has 0 fully saturated rings. The first kappa shape index (κ1) is 13.1. The lowest BCUT2D eigenvalue weighted by atomic mass is 10.0. The van der Waals surface area contributed by atoms with Crippen LogP contribution in [0.25, 0.3) is 11.1 Å². The van der Waals surface area contributed by atoms with E-state index >= 15 is 0 Å². The van der Waals surface area contributed by atoms with E-state index in [4.69, 9.17) is 28.9 Å². The average Bonchev–Trinajstić information content (AvgIpc) is 2.28. The SMILES string of the molecule is Nc1c(F)ccc(-c2c(Cl)cc(F)cc2Cl)c1F. The Morgan fingerprint density at radius 3 is 2.06 bits per heavy atom. The summed E-state index contributed by atoms with van der Waals surface area (Å²) in [5.74, 6) is -2.51. The van der Waals surface area contributed by atoms with Gasteiger partial charge in [-0.25, -0.2) is 13.2 Å². The number of nitrogens with two attached hydrogens (primary N) is 1. The van der Waals surface area contributed by atoms with Crippen molar-refractivity contribution in [3.63, 3.8) is 0 Å². The topological polar surface area (TPSA) is 26.0 Å². The Hall–Kier alpha value is -1.39. The van der Waals surface area contributed by atoms with Crippen molar-refractivity contribution in [3.8, 4) is 11.1 Å². The summed E-state index contributed by atoms with van der Waals surface area (Å²) in [6.07, 6.45) is 0. The molecule has 2 aromatic carbocycles. The molecule has 0 amide bonds. The lowest BCUT2D eigenvalue weighted by Gasteiger charge is -2.10. The summed E-state index contributed by atoms with van der Waals surface area (Å²) in [5, 5.41) is -0.158. The highest BCUT2D eigenvalue weighted by atomic mass is 35.5. The number of halogens is 5. The summed E-state index contributed by atoms with van der Waals surface area (Å²) in [7, 11) is 0. The maximum Gasteiger partial charge on any atom is 0.157 e. The average molecular weight is 292 g/mol. The van der Waals surface area contributed by atoms with Crippen molar-refractivity contribution in [2.75, 3.05) is 5.73 Å². The highest BCUT2D eigenvalue weighted by Gasteiger charge is 2.18. The summed E-state index contributed by atoms with van der Waals surface area (Å²) in [6.45, 7) is 0. The third kappa shape index (κ3) is 2.13. The molecule has 2 N–H and O–H groups in total. The number of anilines is 1. The van der Waals surface area contributed by atoms with Crippen LogP contribution < -0.4 is 5.73 Å². The van der Waals surface area contributed by atoms with E-state index in [9.17, 15) is 13.2 Å². The van der Waals surface area contributed by atoms with Gasteiger partial charge < -0.3 is 5.73 Å². The van der Waals surface area contributed by atoms with Gasteiger partial charge in [-0.2, -0.15) is 0 Å². The fraction of sp³-hybridized carbons (Fsp3) is 0. The van der Waals surface area contributed by atoms with Gasteiger partial charge in [0, 0.05) is 11.1 Å². The minimum atomic E-state index is -0.981. The summed E-state index contributed by atoms with van der Waals surface area (Å²) in [5.41, 5.74) is 4.60. The zero-order chi connectivity index (χ0) is 13.4. The van der Waals surface area contributed by atoms with E-state index in [1.807, 2.05) is 0 Å². The second-order valence-electron chi connectivity index (χ2n) is 3.57. The molecular weight excluding hydrogens is 286 g/mol. The van der Waals surface area contributed by atoms with Crippen molar-refractivity contribution < 1.29 is 13.2 Å². The molecular formula is C12H6Cl2F3N. The molecule has 0 aliphatic rings. The van der Waals surface area contributed by atoms with Crippen LogP contribution in [0.5, 0.6) is 0 Å². The van der Waals surface area contributed by atoms with E-state index in [2.05, 4.69) is 0 Å². The van der Waals surface area contributed by atoms with E-state index in [1.54, 1.807) is 0 Å². The quantitative estimate of drug-likeness (QED) is 0.760. The van der Waals surface area contributed by atoms with Gasteiger partial charge in [0.2, 0.25) is 0 Å². The van der Waals surface area contributed by atoms with Gasteiger partial charge in [0.05, 0.1) is 10.0 Å². The molecule has 0 aliphatic carbocycles. The Kier molecular flexibility index (Phi) is 3.41. The molecule has 0 spiro atoms. The van der Waals surface area contributed by atoms with Gasteiger partial charge in [-0.05, 0) is 24.3 Å². The van der Waals surface area contributed by atoms with Gasteiger partial charge in [0.1, 0.15) is 17.3 Å². The minimum Gasteiger partial charge on any atom is -0.394 e. The summed E-state index contributed by atoms with van der Waals surface area (Å²) in [6, 6.07) is 4.11. The maximum absolute atomic E-state index is 13.8. The Labute approximate surface area is 111 Å². The lowest BCUT2D eigenvalue weighted by molar-refractivity contribution is 0.594. The van der Waals surface area contributed by atoms with Crippen molar-refractivity contribution >= 4 is 28.9 Å². The highest BCUT2D eigenvalue weighted by molar-refractivity contribution is 6.39. The predicted octanol–water partition coefficient (Wildman–Crippen LogP) is 4.66. The predicted molar refractivity (Wildman–Crippen MR) is 66.2 cm³/mol. The molecule has 0 saturated heterocycles. The van der Waals surface area contributed by atoms with Crippen molar-refractivity contribution in [3.05, 3.63) is 51.8 Å². The molecule has 0 radical (unpaired) electrons.